The van der Waals surface area contributed by atoms with Crippen molar-refractivity contribution in [1.29, 1.82) is 0 Å². The Labute approximate surface area is 119 Å². The van der Waals surface area contributed by atoms with Gasteiger partial charge in [0.25, 0.3) is 11.7 Å². The zero-order valence-electron chi connectivity index (χ0n) is 11.3. The van der Waals surface area contributed by atoms with Crippen LogP contribution < -0.4 is 5.32 Å². The zero-order valence-corrected chi connectivity index (χ0v) is 11.3. The van der Waals surface area contributed by atoms with E-state index in [1.54, 1.807) is 12.3 Å². The number of benzene rings is 1. The number of nitro benzene ring substituents is 1. The second-order valence-electron chi connectivity index (χ2n) is 4.64. The molecular formula is C13H13N5O3. The van der Waals surface area contributed by atoms with Gasteiger partial charge in [-0.1, -0.05) is 0 Å². The quantitative estimate of drug-likeness (QED) is 0.571. The highest BCUT2D eigenvalue weighted by Gasteiger charge is 2.11. The van der Waals surface area contributed by atoms with Gasteiger partial charge in [0, 0.05) is 18.8 Å². The number of rotatable bonds is 5. The molecule has 8 heteroatoms. The Morgan fingerprint density at radius 2 is 2.33 bits per heavy atom. The van der Waals surface area contributed by atoms with Gasteiger partial charge in [0.2, 0.25) is 0 Å². The van der Waals surface area contributed by atoms with Crippen LogP contribution in [-0.2, 0) is 6.54 Å². The smallest absolute Gasteiger partial charge is 0.295 e. The summed E-state index contributed by atoms with van der Waals surface area (Å²) >= 11 is 0. The number of anilines is 1. The largest absolute Gasteiger partial charge is 0.423 e. The molecule has 2 aromatic heterocycles. The molecule has 8 nitrogen and oxygen atoms in total. The first-order valence-electron chi connectivity index (χ1n) is 6.40. The topological polar surface area (TPSA) is 99.0 Å². The third-order valence-electron chi connectivity index (χ3n) is 2.96. The number of aromatic nitrogens is 3. The molecular weight excluding hydrogens is 274 g/mol. The van der Waals surface area contributed by atoms with E-state index in [4.69, 9.17) is 4.42 Å². The lowest BCUT2D eigenvalue weighted by Gasteiger charge is -2.01. The minimum Gasteiger partial charge on any atom is -0.423 e. The first-order valence-corrected chi connectivity index (χ1v) is 6.40. The van der Waals surface area contributed by atoms with Crippen LogP contribution in [-0.4, -0.2) is 26.2 Å². The first kappa shape index (κ1) is 13.1. The Balaban J connectivity index is 1.68. The first-order chi connectivity index (χ1) is 10.1. The fourth-order valence-corrected chi connectivity index (χ4v) is 1.97. The summed E-state index contributed by atoms with van der Waals surface area (Å²) in [5, 5.41) is 17.9. The van der Waals surface area contributed by atoms with E-state index in [0.717, 1.165) is 5.56 Å². The third kappa shape index (κ3) is 2.83. The molecule has 0 aliphatic carbocycles. The van der Waals surface area contributed by atoms with E-state index in [1.807, 2.05) is 17.8 Å². The maximum absolute atomic E-state index is 10.7. The number of aryl methyl sites for hydroxylation is 1. The molecule has 0 aliphatic heterocycles. The van der Waals surface area contributed by atoms with Gasteiger partial charge in [-0.05, 0) is 18.6 Å². The van der Waals surface area contributed by atoms with E-state index < -0.39 is 4.92 Å². The van der Waals surface area contributed by atoms with E-state index >= 15 is 0 Å². The summed E-state index contributed by atoms with van der Waals surface area (Å²) in [6.07, 6.45) is 3.73. The Kier molecular flexibility index (Phi) is 3.27. The molecule has 0 radical (unpaired) electrons. The monoisotopic (exact) mass is 287 g/mol. The van der Waals surface area contributed by atoms with Crippen LogP contribution in [0.5, 0.6) is 0 Å². The minimum absolute atomic E-state index is 0.0165. The molecule has 0 unspecified atom stereocenters. The fraction of sp³-hybridized carbons (Fsp3) is 0.231. The van der Waals surface area contributed by atoms with Crippen molar-refractivity contribution in [1.82, 2.24) is 14.8 Å². The summed E-state index contributed by atoms with van der Waals surface area (Å²) in [7, 11) is 0. The van der Waals surface area contributed by atoms with E-state index in [1.165, 1.54) is 12.1 Å². The lowest BCUT2D eigenvalue weighted by Crippen LogP contribution is -2.10. The molecule has 1 N–H and O–H groups in total. The Morgan fingerprint density at radius 1 is 1.48 bits per heavy atom. The molecule has 0 spiro atoms. The van der Waals surface area contributed by atoms with Gasteiger partial charge in [-0.2, -0.15) is 10.1 Å². The number of fused-ring (bicyclic) bond motifs is 1. The summed E-state index contributed by atoms with van der Waals surface area (Å²) < 4.78 is 7.26. The highest BCUT2D eigenvalue weighted by Crippen LogP contribution is 2.23. The Bertz CT molecular complexity index is 792. The lowest BCUT2D eigenvalue weighted by molar-refractivity contribution is -0.384. The second-order valence-corrected chi connectivity index (χ2v) is 4.64. The fourth-order valence-electron chi connectivity index (χ4n) is 1.97. The van der Waals surface area contributed by atoms with Crippen LogP contribution in [0.1, 0.15) is 5.56 Å². The zero-order chi connectivity index (χ0) is 14.8. The average Bonchev–Trinajstić information content (AvgIpc) is 3.03. The maximum atomic E-state index is 10.7. The molecule has 2 heterocycles. The van der Waals surface area contributed by atoms with Crippen LogP contribution in [0.3, 0.4) is 0 Å². The van der Waals surface area contributed by atoms with Crippen molar-refractivity contribution in [3.8, 4) is 0 Å². The molecule has 3 aromatic rings. The summed E-state index contributed by atoms with van der Waals surface area (Å²) in [4.78, 5) is 14.5. The molecule has 0 saturated heterocycles. The molecule has 21 heavy (non-hydrogen) atoms. The molecule has 3 rings (SSSR count). The van der Waals surface area contributed by atoms with Gasteiger partial charge < -0.3 is 9.73 Å². The average molecular weight is 287 g/mol. The molecule has 0 fully saturated rings. The number of non-ortho nitro benzene ring substituents is 1. The number of hydrogen-bond acceptors (Lipinski definition) is 6. The lowest BCUT2D eigenvalue weighted by atomic mass is 10.3. The summed E-state index contributed by atoms with van der Waals surface area (Å²) in [5.41, 5.74) is 2.06. The summed E-state index contributed by atoms with van der Waals surface area (Å²) in [6.45, 7) is 3.24. The van der Waals surface area contributed by atoms with Gasteiger partial charge in [0.05, 0.1) is 23.7 Å². The van der Waals surface area contributed by atoms with Crippen molar-refractivity contribution < 1.29 is 9.34 Å². The number of nitrogens with zero attached hydrogens (tertiary/aromatic N) is 4. The minimum atomic E-state index is -0.463. The Hall–Kier alpha value is -2.90. The molecule has 0 bridgehead atoms. The van der Waals surface area contributed by atoms with Gasteiger partial charge in [-0.25, -0.2) is 0 Å². The highest BCUT2D eigenvalue weighted by atomic mass is 16.6. The molecule has 0 saturated carbocycles. The van der Waals surface area contributed by atoms with Crippen molar-refractivity contribution in [3.05, 3.63) is 46.3 Å². The molecule has 0 aliphatic rings. The standard InChI is InChI=1S/C13H13N5O3/c1-9-7-15-17(8-9)5-4-14-13-16-11-3-2-10(18(19)20)6-12(11)21-13/h2-3,6-8H,4-5H2,1H3,(H,14,16). The molecule has 0 amide bonds. The number of nitro groups is 1. The predicted molar refractivity (Wildman–Crippen MR) is 76.1 cm³/mol. The van der Waals surface area contributed by atoms with Gasteiger partial charge in [-0.15, -0.1) is 0 Å². The van der Waals surface area contributed by atoms with Crippen molar-refractivity contribution in [2.45, 2.75) is 13.5 Å². The second kappa shape index (κ2) is 5.23. The van der Waals surface area contributed by atoms with E-state index in [-0.39, 0.29) is 5.69 Å². The summed E-state index contributed by atoms with van der Waals surface area (Å²) in [5.74, 6) is 0. The molecule has 0 atom stereocenters. The third-order valence-corrected chi connectivity index (χ3v) is 2.96. The van der Waals surface area contributed by atoms with E-state index in [2.05, 4.69) is 15.4 Å². The Morgan fingerprint density at radius 3 is 3.05 bits per heavy atom. The van der Waals surface area contributed by atoms with Gasteiger partial charge >= 0.3 is 0 Å². The van der Waals surface area contributed by atoms with Crippen molar-refractivity contribution in [2.75, 3.05) is 11.9 Å². The number of oxazole rings is 1. The highest BCUT2D eigenvalue weighted by molar-refractivity contribution is 5.77. The SMILES string of the molecule is Cc1cnn(CCNc2nc3ccc([N+](=O)[O-])cc3o2)c1. The van der Waals surface area contributed by atoms with E-state index in [9.17, 15) is 10.1 Å². The van der Waals surface area contributed by atoms with Crippen molar-refractivity contribution in [2.24, 2.45) is 0 Å². The number of nitrogens with one attached hydrogen (secondary N) is 1. The summed E-state index contributed by atoms with van der Waals surface area (Å²) in [6, 6.07) is 4.68. The van der Waals surface area contributed by atoms with Crippen LogP contribution in [0.4, 0.5) is 11.7 Å². The van der Waals surface area contributed by atoms with Gasteiger partial charge in [0.15, 0.2) is 5.58 Å². The molecule has 108 valence electrons. The van der Waals surface area contributed by atoms with Crippen LogP contribution in [0.2, 0.25) is 0 Å². The maximum Gasteiger partial charge on any atom is 0.295 e. The van der Waals surface area contributed by atoms with Crippen LogP contribution in [0.25, 0.3) is 11.1 Å². The van der Waals surface area contributed by atoms with Crippen molar-refractivity contribution in [3.63, 3.8) is 0 Å². The van der Waals surface area contributed by atoms with Crippen LogP contribution in [0, 0.1) is 17.0 Å². The van der Waals surface area contributed by atoms with Gasteiger partial charge in [0.1, 0.15) is 5.52 Å². The van der Waals surface area contributed by atoms with Crippen LogP contribution >= 0.6 is 0 Å². The molecule has 1 aromatic carbocycles. The van der Waals surface area contributed by atoms with Crippen LogP contribution in [0.15, 0.2) is 35.0 Å². The van der Waals surface area contributed by atoms with Crippen molar-refractivity contribution >= 4 is 22.8 Å². The normalized spacial score (nSPS) is 10.9. The predicted octanol–water partition coefficient (Wildman–Crippen LogP) is 2.35. The van der Waals surface area contributed by atoms with Gasteiger partial charge in [-0.3, -0.25) is 14.8 Å². The number of hydrogen-bond donors (Lipinski definition) is 1. The van der Waals surface area contributed by atoms with E-state index in [0.29, 0.717) is 30.2 Å².